The molecule has 2 aliphatic rings. The summed E-state index contributed by atoms with van der Waals surface area (Å²) in [4.78, 5) is 0. The van der Waals surface area contributed by atoms with Gasteiger partial charge < -0.3 is 15.3 Å². The number of aryl methyl sites for hydroxylation is 1. The van der Waals surface area contributed by atoms with Crippen LogP contribution in [0.5, 0.6) is 11.5 Å². The van der Waals surface area contributed by atoms with E-state index in [4.69, 9.17) is 0 Å². The first-order valence-electron chi connectivity index (χ1n) is 7.66. The summed E-state index contributed by atoms with van der Waals surface area (Å²) >= 11 is 0. The minimum atomic E-state index is -0.273. The highest BCUT2D eigenvalue weighted by Gasteiger charge is 2.50. The van der Waals surface area contributed by atoms with Crippen LogP contribution >= 0.6 is 0 Å². The van der Waals surface area contributed by atoms with Gasteiger partial charge in [0.2, 0.25) is 0 Å². The Morgan fingerprint density at radius 3 is 2.76 bits per heavy atom. The summed E-state index contributed by atoms with van der Waals surface area (Å²) in [7, 11) is 0. The lowest BCUT2D eigenvalue weighted by Gasteiger charge is -2.40. The van der Waals surface area contributed by atoms with Gasteiger partial charge in [0.15, 0.2) is 0 Å². The predicted molar refractivity (Wildman–Crippen MR) is 81.7 cm³/mol. The van der Waals surface area contributed by atoms with Crippen molar-refractivity contribution in [2.24, 2.45) is 5.41 Å². The maximum atomic E-state index is 10.5. The van der Waals surface area contributed by atoms with Crippen molar-refractivity contribution in [1.29, 1.82) is 0 Å². The maximum absolute atomic E-state index is 10.5. The third-order valence-electron chi connectivity index (χ3n) is 5.80. The molecule has 3 atom stereocenters. The number of aliphatic hydroxyl groups excluding tert-OH is 1. The van der Waals surface area contributed by atoms with Gasteiger partial charge in [-0.3, -0.25) is 0 Å². The van der Waals surface area contributed by atoms with Crippen molar-refractivity contribution < 1.29 is 15.3 Å². The molecule has 21 heavy (non-hydrogen) atoms. The summed E-state index contributed by atoms with van der Waals surface area (Å²) < 4.78 is 0. The van der Waals surface area contributed by atoms with E-state index in [-0.39, 0.29) is 23.2 Å². The van der Waals surface area contributed by atoms with E-state index in [1.807, 2.05) is 6.07 Å². The van der Waals surface area contributed by atoms with E-state index >= 15 is 0 Å². The molecule has 2 unspecified atom stereocenters. The molecule has 0 amide bonds. The van der Waals surface area contributed by atoms with Crippen molar-refractivity contribution in [3.8, 4) is 11.5 Å². The first-order chi connectivity index (χ1) is 10.0. The van der Waals surface area contributed by atoms with E-state index in [2.05, 4.69) is 6.92 Å². The van der Waals surface area contributed by atoms with Crippen LogP contribution in [0, 0.1) is 5.41 Å². The Labute approximate surface area is 123 Å². The quantitative estimate of drug-likeness (QED) is 0.694. The first-order valence-corrected chi connectivity index (χ1v) is 7.66. The van der Waals surface area contributed by atoms with E-state index in [0.29, 0.717) is 5.75 Å². The molecule has 0 saturated heterocycles. The highest BCUT2D eigenvalue weighted by Crippen LogP contribution is 2.58. The van der Waals surface area contributed by atoms with E-state index in [9.17, 15) is 15.3 Å². The SMILES string of the molecule is CC12CCc3c(c(O)cc4cc(O)ccc34)C1CC[C@@H]2O. The van der Waals surface area contributed by atoms with Gasteiger partial charge in [-0.1, -0.05) is 13.0 Å². The van der Waals surface area contributed by atoms with E-state index in [0.717, 1.165) is 42.0 Å². The number of aliphatic hydroxyl groups is 1. The summed E-state index contributed by atoms with van der Waals surface area (Å²) in [5.41, 5.74) is 2.11. The molecule has 3 N–H and O–H groups in total. The Morgan fingerprint density at radius 1 is 1.14 bits per heavy atom. The van der Waals surface area contributed by atoms with Gasteiger partial charge in [0.05, 0.1) is 6.10 Å². The zero-order valence-electron chi connectivity index (χ0n) is 12.1. The predicted octanol–water partition coefficient (Wildman–Crippen LogP) is 3.44. The molecule has 0 heterocycles. The minimum Gasteiger partial charge on any atom is -0.508 e. The number of fused-ring (bicyclic) bond motifs is 5. The molecule has 0 radical (unpaired) electrons. The molecule has 0 aromatic heterocycles. The van der Waals surface area contributed by atoms with E-state index in [1.165, 1.54) is 5.56 Å². The second kappa shape index (κ2) is 4.14. The molecule has 1 fully saturated rings. The van der Waals surface area contributed by atoms with Crippen LogP contribution in [0.25, 0.3) is 10.8 Å². The Kier molecular flexibility index (Phi) is 2.55. The monoisotopic (exact) mass is 284 g/mol. The molecule has 0 spiro atoms. The van der Waals surface area contributed by atoms with Crippen molar-refractivity contribution in [3.05, 3.63) is 35.4 Å². The largest absolute Gasteiger partial charge is 0.508 e. The third kappa shape index (κ3) is 1.64. The summed E-state index contributed by atoms with van der Waals surface area (Å²) in [6, 6.07) is 7.10. The average Bonchev–Trinajstić information content (AvgIpc) is 2.74. The Morgan fingerprint density at radius 2 is 1.95 bits per heavy atom. The summed E-state index contributed by atoms with van der Waals surface area (Å²) in [6.45, 7) is 2.15. The van der Waals surface area contributed by atoms with Gasteiger partial charge >= 0.3 is 0 Å². The zero-order chi connectivity index (χ0) is 14.8. The number of benzene rings is 2. The number of phenolic OH excluding ortho intramolecular Hbond substituents is 2. The van der Waals surface area contributed by atoms with Gasteiger partial charge in [-0.15, -0.1) is 0 Å². The molecule has 2 aliphatic carbocycles. The van der Waals surface area contributed by atoms with Crippen LogP contribution < -0.4 is 0 Å². The van der Waals surface area contributed by atoms with E-state index in [1.54, 1.807) is 18.2 Å². The second-order valence-electron chi connectivity index (χ2n) is 6.84. The lowest BCUT2D eigenvalue weighted by Crippen LogP contribution is -2.35. The first kappa shape index (κ1) is 13.0. The van der Waals surface area contributed by atoms with Crippen molar-refractivity contribution in [1.82, 2.24) is 0 Å². The maximum Gasteiger partial charge on any atom is 0.119 e. The number of aromatic hydroxyl groups is 2. The van der Waals surface area contributed by atoms with Crippen LogP contribution in [0.2, 0.25) is 0 Å². The van der Waals surface area contributed by atoms with Crippen LogP contribution in [-0.2, 0) is 6.42 Å². The van der Waals surface area contributed by atoms with Gasteiger partial charge in [0.25, 0.3) is 0 Å². The fraction of sp³-hybridized carbons (Fsp3) is 0.444. The molecule has 3 nitrogen and oxygen atoms in total. The van der Waals surface area contributed by atoms with E-state index < -0.39 is 0 Å². The normalized spacial score (nSPS) is 31.1. The fourth-order valence-electron chi connectivity index (χ4n) is 4.55. The molecule has 0 bridgehead atoms. The molecule has 4 rings (SSSR count). The van der Waals surface area contributed by atoms with Gasteiger partial charge in [0, 0.05) is 11.0 Å². The lowest BCUT2D eigenvalue weighted by molar-refractivity contribution is 0.0453. The second-order valence-corrected chi connectivity index (χ2v) is 6.84. The highest BCUT2D eigenvalue weighted by molar-refractivity contribution is 5.90. The summed E-state index contributed by atoms with van der Waals surface area (Å²) in [5.74, 6) is 0.765. The Hall–Kier alpha value is -1.74. The smallest absolute Gasteiger partial charge is 0.119 e. The Bertz CT molecular complexity index is 737. The molecule has 3 heteroatoms. The zero-order valence-corrected chi connectivity index (χ0v) is 12.1. The van der Waals surface area contributed by atoms with Gasteiger partial charge in [-0.25, -0.2) is 0 Å². The van der Waals surface area contributed by atoms with Crippen LogP contribution in [-0.4, -0.2) is 21.4 Å². The average molecular weight is 284 g/mol. The van der Waals surface area contributed by atoms with Gasteiger partial charge in [-0.2, -0.15) is 0 Å². The molecular formula is C18H20O3. The number of hydrogen-bond donors (Lipinski definition) is 3. The van der Waals surface area contributed by atoms with Crippen LogP contribution in [0.1, 0.15) is 43.2 Å². The minimum absolute atomic E-state index is 0.116. The number of phenols is 2. The van der Waals surface area contributed by atoms with Crippen molar-refractivity contribution in [2.45, 2.75) is 44.6 Å². The van der Waals surface area contributed by atoms with Crippen molar-refractivity contribution in [2.75, 3.05) is 0 Å². The number of hydrogen-bond acceptors (Lipinski definition) is 3. The van der Waals surface area contributed by atoms with Gasteiger partial charge in [-0.05, 0) is 66.1 Å². The summed E-state index contributed by atoms with van der Waals surface area (Å²) in [6.07, 6.45) is 3.29. The van der Waals surface area contributed by atoms with Crippen LogP contribution in [0.15, 0.2) is 24.3 Å². The third-order valence-corrected chi connectivity index (χ3v) is 5.80. The van der Waals surface area contributed by atoms with Crippen LogP contribution in [0.4, 0.5) is 0 Å². The fourth-order valence-corrected chi connectivity index (χ4v) is 4.55. The standard InChI is InChI=1S/C18H20O3/c1-18-7-6-13-12-3-2-11(19)8-10(12)9-15(20)17(13)14(18)4-5-16(18)21/h2-3,8-9,14,16,19-21H,4-7H2,1H3/t14?,16-,18?/m0/s1. The topological polar surface area (TPSA) is 60.7 Å². The molecule has 110 valence electrons. The number of rotatable bonds is 0. The van der Waals surface area contributed by atoms with Crippen molar-refractivity contribution in [3.63, 3.8) is 0 Å². The summed E-state index contributed by atoms with van der Waals surface area (Å²) in [5, 5.41) is 32.5. The van der Waals surface area contributed by atoms with Gasteiger partial charge in [0.1, 0.15) is 11.5 Å². The molecule has 0 aliphatic heterocycles. The lowest BCUT2D eigenvalue weighted by atomic mass is 9.65. The van der Waals surface area contributed by atoms with Crippen LogP contribution in [0.3, 0.4) is 0 Å². The molecule has 2 aromatic carbocycles. The van der Waals surface area contributed by atoms with Crippen molar-refractivity contribution >= 4 is 10.8 Å². The molecular weight excluding hydrogens is 264 g/mol. The molecule has 2 aromatic rings. The highest BCUT2D eigenvalue weighted by atomic mass is 16.3. The molecule has 1 saturated carbocycles. The Balaban J connectivity index is 1.99.